The summed E-state index contributed by atoms with van der Waals surface area (Å²) in [5, 5.41) is 0. The van der Waals surface area contributed by atoms with Gasteiger partial charge in [0.05, 0.1) is 0 Å². The zero-order valence-corrected chi connectivity index (χ0v) is 15.5. The van der Waals surface area contributed by atoms with Crippen LogP contribution in [0.25, 0.3) is 0 Å². The number of nitrogens with zero attached hydrogens (tertiary/aromatic N) is 1. The largest absolute Gasteiger partial charge is 0.371 e. The van der Waals surface area contributed by atoms with Gasteiger partial charge in [-0.2, -0.15) is 0 Å². The van der Waals surface area contributed by atoms with Gasteiger partial charge in [0.2, 0.25) is 0 Å². The van der Waals surface area contributed by atoms with Gasteiger partial charge in [-0.15, -0.1) is 0 Å². The van der Waals surface area contributed by atoms with Crippen molar-refractivity contribution in [3.8, 4) is 0 Å². The first kappa shape index (κ1) is 18.6. The van der Waals surface area contributed by atoms with Crippen molar-refractivity contribution in [2.24, 2.45) is 5.92 Å². The molecule has 0 aromatic heterocycles. The molecule has 0 spiro atoms. The topological polar surface area (TPSA) is 3.24 Å². The van der Waals surface area contributed by atoms with Crippen molar-refractivity contribution in [1.29, 1.82) is 0 Å². The Kier molecular flexibility index (Phi) is 8.45. The monoisotopic (exact) mass is 323 g/mol. The van der Waals surface area contributed by atoms with Crippen LogP contribution in [-0.4, -0.2) is 13.1 Å². The van der Waals surface area contributed by atoms with E-state index in [0.29, 0.717) is 0 Å². The number of unbranched alkanes of at least 4 members (excludes halogenated alkanes) is 1. The van der Waals surface area contributed by atoms with Gasteiger partial charge in [0.1, 0.15) is 0 Å². The Labute approximate surface area is 148 Å². The van der Waals surface area contributed by atoms with E-state index in [1.54, 1.807) is 0 Å². The minimum atomic E-state index is 0.807. The van der Waals surface area contributed by atoms with E-state index >= 15 is 0 Å². The van der Waals surface area contributed by atoms with Crippen LogP contribution in [0.3, 0.4) is 0 Å². The lowest BCUT2D eigenvalue weighted by Crippen LogP contribution is -2.30. The van der Waals surface area contributed by atoms with Gasteiger partial charge in [0.25, 0.3) is 0 Å². The van der Waals surface area contributed by atoms with E-state index in [0.717, 1.165) is 18.9 Å². The van der Waals surface area contributed by atoms with Gasteiger partial charge in [-0.25, -0.2) is 0 Å². The second kappa shape index (κ2) is 10.9. The van der Waals surface area contributed by atoms with Crippen molar-refractivity contribution >= 4 is 5.69 Å². The molecule has 0 N–H and O–H groups in total. The van der Waals surface area contributed by atoms with Crippen LogP contribution < -0.4 is 4.90 Å². The van der Waals surface area contributed by atoms with Crippen LogP contribution in [0.2, 0.25) is 0 Å². The molecule has 1 heteroatoms. The molecule has 0 saturated heterocycles. The lowest BCUT2D eigenvalue weighted by Gasteiger charge is -2.29. The van der Waals surface area contributed by atoms with E-state index in [2.05, 4.69) is 79.4 Å². The van der Waals surface area contributed by atoms with E-state index in [1.807, 2.05) is 0 Å². The summed E-state index contributed by atoms with van der Waals surface area (Å²) >= 11 is 0. The van der Waals surface area contributed by atoms with Gasteiger partial charge in [-0.3, -0.25) is 0 Å². The first-order valence-electron chi connectivity index (χ1n) is 9.67. The fraction of sp³-hybridized carbons (Fsp3) is 0.478. The molecule has 2 rings (SSSR count). The summed E-state index contributed by atoms with van der Waals surface area (Å²) in [6, 6.07) is 21.8. The Balaban J connectivity index is 1.95. The molecule has 0 aliphatic rings. The number of hydrogen-bond donors (Lipinski definition) is 0. The summed E-state index contributed by atoms with van der Waals surface area (Å²) in [7, 11) is 0. The smallest absolute Gasteiger partial charge is 0.0366 e. The normalized spacial score (nSPS) is 12.1. The fourth-order valence-electron chi connectivity index (χ4n) is 3.31. The van der Waals surface area contributed by atoms with Gasteiger partial charge in [0.15, 0.2) is 0 Å². The molecular weight excluding hydrogens is 290 g/mol. The highest BCUT2D eigenvalue weighted by molar-refractivity contribution is 5.46. The number of benzene rings is 2. The minimum absolute atomic E-state index is 0.807. The van der Waals surface area contributed by atoms with E-state index < -0.39 is 0 Å². The van der Waals surface area contributed by atoms with Crippen molar-refractivity contribution in [3.05, 3.63) is 66.2 Å². The maximum absolute atomic E-state index is 2.60. The zero-order valence-electron chi connectivity index (χ0n) is 15.5. The maximum Gasteiger partial charge on any atom is 0.0366 e. The van der Waals surface area contributed by atoms with Gasteiger partial charge >= 0.3 is 0 Å². The van der Waals surface area contributed by atoms with Gasteiger partial charge in [0, 0.05) is 18.8 Å². The van der Waals surface area contributed by atoms with Crippen LogP contribution >= 0.6 is 0 Å². The van der Waals surface area contributed by atoms with E-state index in [1.165, 1.54) is 49.9 Å². The molecule has 24 heavy (non-hydrogen) atoms. The van der Waals surface area contributed by atoms with Crippen LogP contribution in [0, 0.1) is 5.92 Å². The lowest BCUT2D eigenvalue weighted by atomic mass is 9.98. The van der Waals surface area contributed by atoms with Gasteiger partial charge < -0.3 is 4.90 Å². The van der Waals surface area contributed by atoms with Crippen LogP contribution in [0.4, 0.5) is 5.69 Å². The average Bonchev–Trinajstić information content (AvgIpc) is 2.65. The summed E-state index contributed by atoms with van der Waals surface area (Å²) in [4.78, 5) is 2.60. The third-order valence-corrected chi connectivity index (χ3v) is 4.88. The molecule has 0 aliphatic heterocycles. The van der Waals surface area contributed by atoms with Crippen molar-refractivity contribution < 1.29 is 0 Å². The molecular formula is C23H33N. The lowest BCUT2D eigenvalue weighted by molar-refractivity contribution is 0.444. The number of para-hydroxylation sites is 1. The van der Waals surface area contributed by atoms with Crippen molar-refractivity contribution in [3.63, 3.8) is 0 Å². The molecule has 0 radical (unpaired) electrons. The summed E-state index contributed by atoms with van der Waals surface area (Å²) < 4.78 is 0. The zero-order chi connectivity index (χ0) is 17.0. The molecule has 1 unspecified atom stereocenters. The number of rotatable bonds is 11. The van der Waals surface area contributed by atoms with Crippen molar-refractivity contribution in [1.82, 2.24) is 0 Å². The number of aryl methyl sites for hydroxylation is 1. The molecule has 2 aromatic carbocycles. The SMILES string of the molecule is CCCCC(CC)CN(CCCc1ccccc1)c1ccccc1. The molecule has 0 saturated carbocycles. The van der Waals surface area contributed by atoms with E-state index in [4.69, 9.17) is 0 Å². The van der Waals surface area contributed by atoms with Crippen LogP contribution in [-0.2, 0) is 6.42 Å². The molecule has 0 amide bonds. The van der Waals surface area contributed by atoms with Crippen LogP contribution in [0.15, 0.2) is 60.7 Å². The Morgan fingerprint density at radius 1 is 0.833 bits per heavy atom. The molecule has 1 atom stereocenters. The molecule has 2 aromatic rings. The van der Waals surface area contributed by atoms with Crippen molar-refractivity contribution in [2.45, 2.75) is 52.4 Å². The third kappa shape index (κ3) is 6.39. The molecule has 0 bridgehead atoms. The average molecular weight is 324 g/mol. The summed E-state index contributed by atoms with van der Waals surface area (Å²) in [6.07, 6.45) is 7.66. The molecule has 1 nitrogen and oxygen atoms in total. The highest BCUT2D eigenvalue weighted by Gasteiger charge is 2.13. The van der Waals surface area contributed by atoms with E-state index in [-0.39, 0.29) is 0 Å². The van der Waals surface area contributed by atoms with Crippen LogP contribution in [0.1, 0.15) is 51.5 Å². The molecule has 130 valence electrons. The van der Waals surface area contributed by atoms with E-state index in [9.17, 15) is 0 Å². The molecule has 0 aliphatic carbocycles. The first-order valence-corrected chi connectivity index (χ1v) is 9.67. The molecule has 0 heterocycles. The summed E-state index contributed by atoms with van der Waals surface area (Å²) in [5.74, 6) is 0.807. The minimum Gasteiger partial charge on any atom is -0.371 e. The second-order valence-corrected chi connectivity index (χ2v) is 6.79. The highest BCUT2D eigenvalue weighted by atomic mass is 15.1. The van der Waals surface area contributed by atoms with Crippen molar-refractivity contribution in [2.75, 3.05) is 18.0 Å². The standard InChI is InChI=1S/C23H33N/c1-3-5-13-21(4-2)20-24(23-17-10-7-11-18-23)19-12-16-22-14-8-6-9-15-22/h6-11,14-15,17-18,21H,3-5,12-13,16,19-20H2,1-2H3. The first-order chi connectivity index (χ1) is 11.8. The molecule has 0 fully saturated rings. The van der Waals surface area contributed by atoms with Gasteiger partial charge in [-0.1, -0.05) is 81.6 Å². The number of hydrogen-bond acceptors (Lipinski definition) is 1. The predicted octanol–water partition coefficient (Wildman–Crippen LogP) is 6.34. The Hall–Kier alpha value is -1.76. The second-order valence-electron chi connectivity index (χ2n) is 6.79. The maximum atomic E-state index is 2.60. The summed E-state index contributed by atoms with van der Waals surface area (Å²) in [5.41, 5.74) is 2.82. The highest BCUT2D eigenvalue weighted by Crippen LogP contribution is 2.20. The van der Waals surface area contributed by atoms with Crippen LogP contribution in [0.5, 0.6) is 0 Å². The number of anilines is 1. The Morgan fingerprint density at radius 3 is 2.12 bits per heavy atom. The predicted molar refractivity (Wildman–Crippen MR) is 107 cm³/mol. The Bertz CT molecular complexity index is 534. The summed E-state index contributed by atoms with van der Waals surface area (Å²) in [6.45, 7) is 6.96. The van der Waals surface area contributed by atoms with Gasteiger partial charge in [-0.05, 0) is 42.9 Å². The Morgan fingerprint density at radius 2 is 1.50 bits per heavy atom. The fourth-order valence-corrected chi connectivity index (χ4v) is 3.31. The quantitative estimate of drug-likeness (QED) is 0.466. The third-order valence-electron chi connectivity index (χ3n) is 4.88.